The first-order valence-electron chi connectivity index (χ1n) is 3.53. The fourth-order valence-corrected chi connectivity index (χ4v) is 1.09. The summed E-state index contributed by atoms with van der Waals surface area (Å²) in [4.78, 5) is 17.1. The number of carbonyl (C=O) groups excluding carboxylic acids is 1. The van der Waals surface area contributed by atoms with Gasteiger partial charge in [-0.1, -0.05) is 0 Å². The Morgan fingerprint density at radius 2 is 2.42 bits per heavy atom. The zero-order chi connectivity index (χ0) is 8.39. The maximum atomic E-state index is 10.1. The molecule has 1 amide bonds. The van der Waals surface area contributed by atoms with Gasteiger partial charge in [-0.05, 0) is 18.2 Å². The quantitative estimate of drug-likeness (QED) is 0.648. The van der Waals surface area contributed by atoms with E-state index in [9.17, 15) is 4.79 Å². The van der Waals surface area contributed by atoms with Crippen LogP contribution in [-0.2, 0) is 4.79 Å². The first-order valence-corrected chi connectivity index (χ1v) is 3.53. The Labute approximate surface area is 68.6 Å². The van der Waals surface area contributed by atoms with Crippen molar-refractivity contribution in [1.29, 1.82) is 0 Å². The number of nitrogens with zero attached hydrogens (tertiary/aromatic N) is 1. The maximum absolute atomic E-state index is 10.1. The Hall–Kier alpha value is -1.84. The number of rotatable bonds is 2. The summed E-state index contributed by atoms with van der Waals surface area (Å²) in [5.41, 5.74) is 2.57. The van der Waals surface area contributed by atoms with Crippen molar-refractivity contribution >= 4 is 23.1 Å². The van der Waals surface area contributed by atoms with E-state index < -0.39 is 0 Å². The number of carbonyl (C=O) groups is 1. The van der Waals surface area contributed by atoms with Crippen LogP contribution >= 0.6 is 0 Å². The van der Waals surface area contributed by atoms with Crippen molar-refractivity contribution in [2.45, 2.75) is 0 Å². The standard InChI is InChI=1S/C8H7N3O/c12-5-11-6-1-2-7-8(3-6)10-4-9-7/h1-5H,(H,9,10)(H,11,12). The van der Waals surface area contributed by atoms with Crippen LogP contribution in [0.15, 0.2) is 24.5 Å². The van der Waals surface area contributed by atoms with Crippen LogP contribution in [0.25, 0.3) is 11.0 Å². The lowest BCUT2D eigenvalue weighted by Crippen LogP contribution is -1.92. The molecule has 2 rings (SSSR count). The number of aromatic nitrogens is 2. The maximum Gasteiger partial charge on any atom is 0.211 e. The lowest BCUT2D eigenvalue weighted by molar-refractivity contribution is -0.105. The van der Waals surface area contributed by atoms with E-state index in [-0.39, 0.29) is 0 Å². The van der Waals surface area contributed by atoms with Crippen molar-refractivity contribution in [3.05, 3.63) is 24.5 Å². The van der Waals surface area contributed by atoms with Crippen LogP contribution in [0.2, 0.25) is 0 Å². The molecule has 4 heteroatoms. The van der Waals surface area contributed by atoms with E-state index in [1.54, 1.807) is 12.4 Å². The summed E-state index contributed by atoms with van der Waals surface area (Å²) >= 11 is 0. The summed E-state index contributed by atoms with van der Waals surface area (Å²) in [5.74, 6) is 0. The van der Waals surface area contributed by atoms with Gasteiger partial charge in [-0.25, -0.2) is 4.98 Å². The number of benzene rings is 1. The Morgan fingerprint density at radius 1 is 1.50 bits per heavy atom. The third-order valence-electron chi connectivity index (χ3n) is 1.65. The fraction of sp³-hybridized carbons (Fsp3) is 0. The van der Waals surface area contributed by atoms with E-state index >= 15 is 0 Å². The highest BCUT2D eigenvalue weighted by Gasteiger charge is 1.95. The number of amides is 1. The molecule has 12 heavy (non-hydrogen) atoms. The van der Waals surface area contributed by atoms with Gasteiger partial charge in [0.05, 0.1) is 17.4 Å². The van der Waals surface area contributed by atoms with Crippen molar-refractivity contribution in [2.75, 3.05) is 5.32 Å². The first-order chi connectivity index (χ1) is 5.90. The third kappa shape index (κ3) is 1.03. The zero-order valence-corrected chi connectivity index (χ0v) is 6.24. The summed E-state index contributed by atoms with van der Waals surface area (Å²) < 4.78 is 0. The molecule has 1 heterocycles. The number of H-pyrrole nitrogens is 1. The average molecular weight is 161 g/mol. The van der Waals surface area contributed by atoms with E-state index in [0.29, 0.717) is 6.41 Å². The predicted molar refractivity (Wildman–Crippen MR) is 45.8 cm³/mol. The first kappa shape index (κ1) is 6.84. The van der Waals surface area contributed by atoms with Crippen LogP contribution in [0.1, 0.15) is 0 Å². The molecule has 0 fully saturated rings. The number of fused-ring (bicyclic) bond motifs is 1. The van der Waals surface area contributed by atoms with Gasteiger partial charge in [0.25, 0.3) is 0 Å². The molecular formula is C8H7N3O. The number of nitrogens with one attached hydrogen (secondary N) is 2. The highest BCUT2D eigenvalue weighted by atomic mass is 16.1. The molecular weight excluding hydrogens is 154 g/mol. The summed E-state index contributed by atoms with van der Waals surface area (Å²) in [5, 5.41) is 2.56. The van der Waals surface area contributed by atoms with Crippen LogP contribution in [-0.4, -0.2) is 16.4 Å². The molecule has 0 aliphatic rings. The molecule has 60 valence electrons. The molecule has 1 aromatic carbocycles. The lowest BCUT2D eigenvalue weighted by atomic mass is 10.3. The minimum atomic E-state index is 0.647. The van der Waals surface area contributed by atoms with Crippen LogP contribution in [0.4, 0.5) is 5.69 Å². The molecule has 0 unspecified atom stereocenters. The topological polar surface area (TPSA) is 57.8 Å². The molecule has 0 spiro atoms. The van der Waals surface area contributed by atoms with Crippen LogP contribution in [0.3, 0.4) is 0 Å². The molecule has 4 nitrogen and oxygen atoms in total. The minimum Gasteiger partial charge on any atom is -0.345 e. The normalized spacial score (nSPS) is 10.0. The van der Waals surface area contributed by atoms with Gasteiger partial charge in [0.1, 0.15) is 0 Å². The SMILES string of the molecule is O=CNc1ccc2[nH]cnc2c1. The number of aromatic amines is 1. The van der Waals surface area contributed by atoms with Crippen molar-refractivity contribution < 1.29 is 4.79 Å². The molecule has 0 atom stereocenters. The molecule has 0 saturated carbocycles. The Kier molecular flexibility index (Phi) is 1.51. The van der Waals surface area contributed by atoms with Crippen LogP contribution in [0.5, 0.6) is 0 Å². The smallest absolute Gasteiger partial charge is 0.211 e. The average Bonchev–Trinajstić information content (AvgIpc) is 2.51. The predicted octanol–water partition coefficient (Wildman–Crippen LogP) is 1.13. The van der Waals surface area contributed by atoms with Crippen molar-refractivity contribution in [3.63, 3.8) is 0 Å². The monoisotopic (exact) mass is 161 g/mol. The molecule has 0 saturated heterocycles. The Morgan fingerprint density at radius 3 is 3.25 bits per heavy atom. The highest BCUT2D eigenvalue weighted by molar-refractivity contribution is 5.82. The van der Waals surface area contributed by atoms with Gasteiger partial charge in [0.15, 0.2) is 0 Å². The van der Waals surface area contributed by atoms with E-state index in [2.05, 4.69) is 15.3 Å². The second-order valence-electron chi connectivity index (χ2n) is 2.40. The number of imidazole rings is 1. The highest BCUT2D eigenvalue weighted by Crippen LogP contribution is 2.14. The number of anilines is 1. The third-order valence-corrected chi connectivity index (χ3v) is 1.65. The van der Waals surface area contributed by atoms with Gasteiger partial charge in [-0.2, -0.15) is 0 Å². The molecule has 0 aliphatic carbocycles. The summed E-state index contributed by atoms with van der Waals surface area (Å²) in [7, 11) is 0. The number of hydrogen-bond donors (Lipinski definition) is 2. The van der Waals surface area contributed by atoms with Gasteiger partial charge in [-0.3, -0.25) is 4.79 Å². The molecule has 0 aliphatic heterocycles. The van der Waals surface area contributed by atoms with Gasteiger partial charge in [0, 0.05) is 5.69 Å². The van der Waals surface area contributed by atoms with Crippen LogP contribution in [0, 0.1) is 0 Å². The second kappa shape index (κ2) is 2.65. The van der Waals surface area contributed by atoms with Gasteiger partial charge < -0.3 is 10.3 Å². The zero-order valence-electron chi connectivity index (χ0n) is 6.24. The van der Waals surface area contributed by atoms with Crippen molar-refractivity contribution in [3.8, 4) is 0 Å². The fourth-order valence-electron chi connectivity index (χ4n) is 1.09. The van der Waals surface area contributed by atoms with Crippen molar-refractivity contribution in [2.24, 2.45) is 0 Å². The molecule has 2 N–H and O–H groups in total. The second-order valence-corrected chi connectivity index (χ2v) is 2.40. The van der Waals surface area contributed by atoms with Gasteiger partial charge in [-0.15, -0.1) is 0 Å². The largest absolute Gasteiger partial charge is 0.345 e. The summed E-state index contributed by atoms with van der Waals surface area (Å²) in [6.07, 6.45) is 2.27. The number of hydrogen-bond acceptors (Lipinski definition) is 2. The van der Waals surface area contributed by atoms with Gasteiger partial charge in [0.2, 0.25) is 6.41 Å². The summed E-state index contributed by atoms with van der Waals surface area (Å²) in [6.45, 7) is 0. The van der Waals surface area contributed by atoms with Crippen LogP contribution < -0.4 is 5.32 Å². The van der Waals surface area contributed by atoms with Gasteiger partial charge >= 0.3 is 0 Å². The van der Waals surface area contributed by atoms with E-state index in [0.717, 1.165) is 16.7 Å². The molecule has 0 radical (unpaired) electrons. The van der Waals surface area contributed by atoms with E-state index in [1.807, 2.05) is 12.1 Å². The summed E-state index contributed by atoms with van der Waals surface area (Å²) in [6, 6.07) is 5.49. The molecule has 1 aromatic heterocycles. The van der Waals surface area contributed by atoms with Crippen molar-refractivity contribution in [1.82, 2.24) is 9.97 Å². The lowest BCUT2D eigenvalue weighted by Gasteiger charge is -1.95. The Balaban J connectivity index is 2.52. The molecule has 0 bridgehead atoms. The van der Waals surface area contributed by atoms with E-state index in [4.69, 9.17) is 0 Å². The Bertz CT molecular complexity index is 407. The molecule has 2 aromatic rings. The minimum absolute atomic E-state index is 0.647. The van der Waals surface area contributed by atoms with E-state index in [1.165, 1.54) is 0 Å².